The normalized spacial score (nSPS) is 10.7. The summed E-state index contributed by atoms with van der Waals surface area (Å²) in [5.74, 6) is 1.77. The number of carbonyl (C=O) groups excluding carboxylic acids is 1. The van der Waals surface area contributed by atoms with Gasteiger partial charge in [-0.1, -0.05) is 12.1 Å². The number of carbonyl (C=O) groups is 1. The largest absolute Gasteiger partial charge is 0.495 e. The quantitative estimate of drug-likeness (QED) is 0.738. The summed E-state index contributed by atoms with van der Waals surface area (Å²) in [6.07, 6.45) is 1.45. The third-order valence-corrected chi connectivity index (χ3v) is 3.78. The van der Waals surface area contributed by atoms with Crippen molar-refractivity contribution in [2.45, 2.75) is 13.8 Å². The molecular formula is C17H20N6O2. The SMILES string of the molecule is CCN(CC(=O)Nc1ccccc1OC)c1cc(C)nc2ncnn12. The lowest BCUT2D eigenvalue weighted by molar-refractivity contribution is -0.115. The lowest BCUT2D eigenvalue weighted by atomic mass is 10.3. The smallest absolute Gasteiger partial charge is 0.254 e. The zero-order chi connectivity index (χ0) is 17.8. The fraction of sp³-hybridized carbons (Fsp3) is 0.294. The Bertz CT molecular complexity index is 892. The van der Waals surface area contributed by atoms with E-state index in [0.717, 1.165) is 11.5 Å². The second-order valence-electron chi connectivity index (χ2n) is 5.49. The van der Waals surface area contributed by atoms with E-state index in [-0.39, 0.29) is 12.5 Å². The second kappa shape index (κ2) is 7.16. The van der Waals surface area contributed by atoms with Gasteiger partial charge in [0.1, 0.15) is 17.9 Å². The van der Waals surface area contributed by atoms with Crippen molar-refractivity contribution >= 4 is 23.2 Å². The molecule has 0 atom stereocenters. The number of aromatic nitrogens is 4. The highest BCUT2D eigenvalue weighted by Gasteiger charge is 2.16. The maximum absolute atomic E-state index is 12.5. The Morgan fingerprint density at radius 1 is 1.36 bits per heavy atom. The minimum Gasteiger partial charge on any atom is -0.495 e. The molecule has 0 saturated heterocycles. The molecule has 0 aliphatic rings. The standard InChI is InChI=1S/C17H20N6O2/c1-4-22(16-9-12(2)20-17-18-11-19-23(16)17)10-15(24)21-13-7-5-6-8-14(13)25-3/h5-9,11H,4,10H2,1-3H3,(H,21,24). The van der Waals surface area contributed by atoms with Crippen LogP contribution in [0.25, 0.3) is 5.78 Å². The zero-order valence-corrected chi connectivity index (χ0v) is 14.4. The molecule has 8 nitrogen and oxygen atoms in total. The summed E-state index contributed by atoms with van der Waals surface area (Å²) in [4.78, 5) is 22.9. The molecule has 8 heteroatoms. The monoisotopic (exact) mass is 340 g/mol. The Morgan fingerprint density at radius 3 is 2.92 bits per heavy atom. The molecule has 0 bridgehead atoms. The second-order valence-corrected chi connectivity index (χ2v) is 5.49. The van der Waals surface area contributed by atoms with Crippen LogP contribution in [0, 0.1) is 6.92 Å². The number of amides is 1. The molecule has 1 aromatic carbocycles. The molecule has 2 aromatic heterocycles. The van der Waals surface area contributed by atoms with Gasteiger partial charge in [0.15, 0.2) is 0 Å². The van der Waals surface area contributed by atoms with Gasteiger partial charge in [-0.3, -0.25) is 4.79 Å². The molecule has 0 aliphatic carbocycles. The summed E-state index contributed by atoms with van der Waals surface area (Å²) < 4.78 is 6.90. The van der Waals surface area contributed by atoms with Crippen molar-refractivity contribution in [3.05, 3.63) is 42.4 Å². The molecule has 2 heterocycles. The van der Waals surface area contributed by atoms with Crippen LogP contribution in [0.3, 0.4) is 0 Å². The van der Waals surface area contributed by atoms with Crippen LogP contribution >= 0.6 is 0 Å². The van der Waals surface area contributed by atoms with Crippen molar-refractivity contribution in [2.75, 3.05) is 30.4 Å². The number of hydrogen-bond donors (Lipinski definition) is 1. The molecule has 0 radical (unpaired) electrons. The lowest BCUT2D eigenvalue weighted by Crippen LogP contribution is -2.34. The van der Waals surface area contributed by atoms with Gasteiger partial charge < -0.3 is 15.0 Å². The predicted octanol–water partition coefficient (Wildman–Crippen LogP) is 1.91. The van der Waals surface area contributed by atoms with Crippen LogP contribution in [-0.2, 0) is 4.79 Å². The number of hydrogen-bond acceptors (Lipinski definition) is 6. The number of anilines is 2. The highest BCUT2D eigenvalue weighted by Crippen LogP contribution is 2.23. The fourth-order valence-electron chi connectivity index (χ4n) is 2.60. The topological polar surface area (TPSA) is 84.7 Å². The molecule has 0 saturated carbocycles. The van der Waals surface area contributed by atoms with Gasteiger partial charge in [0.2, 0.25) is 5.91 Å². The first-order valence-corrected chi connectivity index (χ1v) is 7.97. The number of nitrogens with one attached hydrogen (secondary N) is 1. The molecule has 3 aromatic rings. The average molecular weight is 340 g/mol. The van der Waals surface area contributed by atoms with E-state index in [2.05, 4.69) is 20.4 Å². The van der Waals surface area contributed by atoms with Crippen LogP contribution in [0.2, 0.25) is 0 Å². The van der Waals surface area contributed by atoms with Crippen molar-refractivity contribution in [3.63, 3.8) is 0 Å². The summed E-state index contributed by atoms with van der Waals surface area (Å²) in [5.41, 5.74) is 1.46. The Morgan fingerprint density at radius 2 is 2.16 bits per heavy atom. The molecule has 0 fully saturated rings. The molecule has 0 unspecified atom stereocenters. The minimum atomic E-state index is -0.144. The number of methoxy groups -OCH3 is 1. The maximum atomic E-state index is 12.5. The van der Waals surface area contributed by atoms with Crippen molar-refractivity contribution in [2.24, 2.45) is 0 Å². The van der Waals surface area contributed by atoms with E-state index >= 15 is 0 Å². The van der Waals surface area contributed by atoms with Crippen LogP contribution in [0.5, 0.6) is 5.75 Å². The van der Waals surface area contributed by atoms with E-state index in [1.807, 2.05) is 36.9 Å². The van der Waals surface area contributed by atoms with Crippen molar-refractivity contribution in [3.8, 4) is 5.75 Å². The Labute approximate surface area is 145 Å². The van der Waals surface area contributed by atoms with Crippen LogP contribution in [-0.4, -0.2) is 45.7 Å². The van der Waals surface area contributed by atoms with E-state index < -0.39 is 0 Å². The maximum Gasteiger partial charge on any atom is 0.254 e. The van der Waals surface area contributed by atoms with Crippen LogP contribution < -0.4 is 15.0 Å². The number of nitrogens with zero attached hydrogens (tertiary/aromatic N) is 5. The van der Waals surface area contributed by atoms with E-state index in [1.54, 1.807) is 23.8 Å². The number of benzene rings is 1. The first-order valence-electron chi connectivity index (χ1n) is 7.97. The van der Waals surface area contributed by atoms with Crippen molar-refractivity contribution in [1.82, 2.24) is 19.6 Å². The van der Waals surface area contributed by atoms with Crippen LogP contribution in [0.4, 0.5) is 11.5 Å². The Hall–Kier alpha value is -3.16. The molecular weight excluding hydrogens is 320 g/mol. The predicted molar refractivity (Wildman–Crippen MR) is 95.0 cm³/mol. The first-order chi connectivity index (χ1) is 12.1. The van der Waals surface area contributed by atoms with Gasteiger partial charge in [-0.2, -0.15) is 14.6 Å². The summed E-state index contributed by atoms with van der Waals surface area (Å²) in [6.45, 7) is 4.68. The fourth-order valence-corrected chi connectivity index (χ4v) is 2.60. The molecule has 0 spiro atoms. The molecule has 25 heavy (non-hydrogen) atoms. The Kier molecular flexibility index (Phi) is 4.78. The summed E-state index contributed by atoms with van der Waals surface area (Å²) in [5, 5.41) is 7.08. The number of para-hydroxylation sites is 2. The van der Waals surface area contributed by atoms with Gasteiger partial charge in [-0.05, 0) is 26.0 Å². The van der Waals surface area contributed by atoms with Crippen molar-refractivity contribution in [1.29, 1.82) is 0 Å². The molecule has 0 aliphatic heterocycles. The number of likely N-dealkylation sites (N-methyl/N-ethyl adjacent to an activating group) is 1. The third-order valence-electron chi connectivity index (χ3n) is 3.78. The number of ether oxygens (including phenoxy) is 1. The van der Waals surface area contributed by atoms with Gasteiger partial charge in [-0.25, -0.2) is 4.98 Å². The highest BCUT2D eigenvalue weighted by atomic mass is 16.5. The number of aryl methyl sites for hydroxylation is 1. The summed E-state index contributed by atoms with van der Waals surface area (Å²) in [6, 6.07) is 9.20. The molecule has 130 valence electrons. The van der Waals surface area contributed by atoms with Crippen LogP contribution in [0.1, 0.15) is 12.6 Å². The molecule has 1 amide bonds. The summed E-state index contributed by atoms with van der Waals surface area (Å²) >= 11 is 0. The van der Waals surface area contributed by atoms with Gasteiger partial charge in [-0.15, -0.1) is 0 Å². The average Bonchev–Trinajstić information content (AvgIpc) is 3.07. The first kappa shape index (κ1) is 16.7. The van der Waals surface area contributed by atoms with Crippen LogP contribution in [0.15, 0.2) is 36.7 Å². The van der Waals surface area contributed by atoms with Gasteiger partial charge in [0.25, 0.3) is 5.78 Å². The summed E-state index contributed by atoms with van der Waals surface area (Å²) in [7, 11) is 1.57. The van der Waals surface area contributed by atoms with Gasteiger partial charge in [0.05, 0.1) is 19.3 Å². The lowest BCUT2D eigenvalue weighted by Gasteiger charge is -2.23. The minimum absolute atomic E-state index is 0.144. The number of fused-ring (bicyclic) bond motifs is 1. The van der Waals surface area contributed by atoms with Gasteiger partial charge >= 0.3 is 0 Å². The molecule has 1 N–H and O–H groups in total. The van der Waals surface area contributed by atoms with E-state index in [0.29, 0.717) is 23.8 Å². The van der Waals surface area contributed by atoms with E-state index in [4.69, 9.17) is 4.74 Å². The van der Waals surface area contributed by atoms with Gasteiger partial charge in [0, 0.05) is 18.3 Å². The van der Waals surface area contributed by atoms with Crippen molar-refractivity contribution < 1.29 is 9.53 Å². The van der Waals surface area contributed by atoms with E-state index in [9.17, 15) is 4.79 Å². The number of rotatable bonds is 6. The third kappa shape index (κ3) is 3.52. The Balaban J connectivity index is 1.82. The highest BCUT2D eigenvalue weighted by molar-refractivity contribution is 5.95. The molecule has 3 rings (SSSR count). The zero-order valence-electron chi connectivity index (χ0n) is 14.4. The van der Waals surface area contributed by atoms with E-state index in [1.165, 1.54) is 6.33 Å².